The highest BCUT2D eigenvalue weighted by molar-refractivity contribution is 5.88. The van der Waals surface area contributed by atoms with Crippen LogP contribution in [0.3, 0.4) is 0 Å². The van der Waals surface area contributed by atoms with E-state index in [1.807, 2.05) is 18.2 Å². The number of aromatic nitrogens is 2. The van der Waals surface area contributed by atoms with E-state index >= 15 is 0 Å². The van der Waals surface area contributed by atoms with Gasteiger partial charge in [0.05, 0.1) is 17.4 Å². The Morgan fingerprint density at radius 2 is 2.36 bits per heavy atom. The fourth-order valence-electron chi connectivity index (χ4n) is 1.31. The topological polar surface area (TPSA) is 37.8 Å². The number of hydrogen-bond donors (Lipinski definition) is 1. The highest BCUT2D eigenvalue weighted by Gasteiger charge is 1.99. The second-order valence-electron chi connectivity index (χ2n) is 2.93. The first-order valence-corrected chi connectivity index (χ1v) is 4.45. The molecule has 2 heterocycles. The lowest BCUT2D eigenvalue weighted by atomic mass is 10.2. The fourth-order valence-corrected chi connectivity index (χ4v) is 1.31. The zero-order valence-electron chi connectivity index (χ0n) is 7.77. The summed E-state index contributed by atoms with van der Waals surface area (Å²) in [5.41, 5.74) is 1.90. The molecular weight excluding hydrogens is 174 g/mol. The lowest BCUT2D eigenvalue weighted by Gasteiger charge is -2.05. The molecule has 0 atom stereocenters. The molecule has 0 unspecified atom stereocenters. The normalized spacial score (nSPS) is 10.0. The number of hydrogen-bond acceptors (Lipinski definition) is 3. The molecule has 0 aliphatic carbocycles. The van der Waals surface area contributed by atoms with Crippen molar-refractivity contribution in [2.45, 2.75) is 0 Å². The maximum absolute atomic E-state index is 4.30. The number of nitrogens with one attached hydrogen (secondary N) is 1. The summed E-state index contributed by atoms with van der Waals surface area (Å²) >= 11 is 0. The number of fused-ring (bicyclic) bond motifs is 1. The van der Waals surface area contributed by atoms with Crippen LogP contribution in [-0.4, -0.2) is 16.5 Å². The van der Waals surface area contributed by atoms with Crippen molar-refractivity contribution in [3.05, 3.63) is 43.4 Å². The maximum Gasteiger partial charge on any atom is 0.0964 e. The van der Waals surface area contributed by atoms with Crippen LogP contribution in [0.4, 0.5) is 5.69 Å². The molecule has 0 radical (unpaired) electrons. The lowest BCUT2D eigenvalue weighted by Crippen LogP contribution is -1.99. The van der Waals surface area contributed by atoms with Crippen molar-refractivity contribution >= 4 is 16.6 Å². The maximum atomic E-state index is 4.30. The van der Waals surface area contributed by atoms with Gasteiger partial charge in [-0.1, -0.05) is 6.08 Å². The molecule has 0 bridgehead atoms. The van der Waals surface area contributed by atoms with Crippen molar-refractivity contribution in [2.75, 3.05) is 11.9 Å². The monoisotopic (exact) mass is 185 g/mol. The summed E-state index contributed by atoms with van der Waals surface area (Å²) in [6, 6.07) is 3.90. The fraction of sp³-hybridized carbons (Fsp3) is 0.0909. The van der Waals surface area contributed by atoms with Gasteiger partial charge in [-0.05, 0) is 12.1 Å². The van der Waals surface area contributed by atoms with E-state index in [4.69, 9.17) is 0 Å². The molecule has 0 amide bonds. The molecule has 0 saturated heterocycles. The Morgan fingerprint density at radius 3 is 3.21 bits per heavy atom. The van der Waals surface area contributed by atoms with Gasteiger partial charge in [-0.3, -0.25) is 9.97 Å². The van der Waals surface area contributed by atoms with Gasteiger partial charge in [0, 0.05) is 24.3 Å². The average Bonchev–Trinajstić information content (AvgIpc) is 2.26. The van der Waals surface area contributed by atoms with Crippen molar-refractivity contribution in [1.29, 1.82) is 0 Å². The largest absolute Gasteiger partial charge is 0.379 e. The van der Waals surface area contributed by atoms with Crippen LogP contribution in [0.2, 0.25) is 0 Å². The van der Waals surface area contributed by atoms with E-state index in [-0.39, 0.29) is 0 Å². The molecule has 0 spiro atoms. The molecule has 14 heavy (non-hydrogen) atoms. The minimum atomic E-state index is 0.720. The standard InChI is InChI=1S/C11H11N3/c1-2-5-13-10-8-12-7-9-4-3-6-14-11(9)10/h2-4,6-8,13H,1,5H2. The first kappa shape index (κ1) is 8.69. The molecule has 2 aromatic rings. The van der Waals surface area contributed by atoms with Crippen LogP contribution in [0.25, 0.3) is 10.9 Å². The summed E-state index contributed by atoms with van der Waals surface area (Å²) in [5, 5.41) is 4.24. The van der Waals surface area contributed by atoms with Crippen LogP contribution >= 0.6 is 0 Å². The van der Waals surface area contributed by atoms with Gasteiger partial charge < -0.3 is 5.32 Å². The van der Waals surface area contributed by atoms with E-state index in [0.29, 0.717) is 0 Å². The Labute approximate surface area is 82.5 Å². The van der Waals surface area contributed by atoms with Gasteiger partial charge in [-0.2, -0.15) is 0 Å². The molecular formula is C11H11N3. The number of anilines is 1. The zero-order valence-corrected chi connectivity index (χ0v) is 7.77. The summed E-state index contributed by atoms with van der Waals surface area (Å²) in [6.07, 6.45) is 7.17. The molecule has 0 aliphatic heterocycles. The predicted molar refractivity (Wildman–Crippen MR) is 58.2 cm³/mol. The number of pyridine rings is 2. The van der Waals surface area contributed by atoms with E-state index < -0.39 is 0 Å². The third kappa shape index (κ3) is 1.57. The first-order chi connectivity index (χ1) is 6.92. The molecule has 3 nitrogen and oxygen atoms in total. The Morgan fingerprint density at radius 1 is 1.43 bits per heavy atom. The highest BCUT2D eigenvalue weighted by atomic mass is 14.9. The number of nitrogens with zero attached hydrogens (tertiary/aromatic N) is 2. The van der Waals surface area contributed by atoms with Gasteiger partial charge >= 0.3 is 0 Å². The molecule has 1 N–H and O–H groups in total. The third-order valence-corrected chi connectivity index (χ3v) is 1.95. The van der Waals surface area contributed by atoms with E-state index in [9.17, 15) is 0 Å². The van der Waals surface area contributed by atoms with Crippen molar-refractivity contribution in [3.8, 4) is 0 Å². The van der Waals surface area contributed by atoms with Gasteiger partial charge in [0.1, 0.15) is 0 Å². The second-order valence-corrected chi connectivity index (χ2v) is 2.93. The molecule has 70 valence electrons. The van der Waals surface area contributed by atoms with Crippen LogP contribution in [0.5, 0.6) is 0 Å². The minimum absolute atomic E-state index is 0.720. The molecule has 0 fully saturated rings. The summed E-state index contributed by atoms with van der Waals surface area (Å²) in [4.78, 5) is 8.43. The third-order valence-electron chi connectivity index (χ3n) is 1.95. The first-order valence-electron chi connectivity index (χ1n) is 4.45. The lowest BCUT2D eigenvalue weighted by molar-refractivity contribution is 1.27. The minimum Gasteiger partial charge on any atom is -0.379 e. The SMILES string of the molecule is C=CCNc1cncc2cccnc12. The van der Waals surface area contributed by atoms with Crippen molar-refractivity contribution < 1.29 is 0 Å². The van der Waals surface area contributed by atoms with Crippen molar-refractivity contribution in [1.82, 2.24) is 9.97 Å². The summed E-state index contributed by atoms with van der Waals surface area (Å²) in [5.74, 6) is 0. The van der Waals surface area contributed by atoms with Gasteiger partial charge in [0.25, 0.3) is 0 Å². The summed E-state index contributed by atoms with van der Waals surface area (Å²) in [6.45, 7) is 4.37. The van der Waals surface area contributed by atoms with Gasteiger partial charge in [-0.25, -0.2) is 0 Å². The highest BCUT2D eigenvalue weighted by Crippen LogP contribution is 2.18. The van der Waals surface area contributed by atoms with Crippen LogP contribution in [0, 0.1) is 0 Å². The van der Waals surface area contributed by atoms with Crippen LogP contribution in [0.15, 0.2) is 43.4 Å². The van der Waals surface area contributed by atoms with Gasteiger partial charge in [0.15, 0.2) is 0 Å². The van der Waals surface area contributed by atoms with E-state index in [2.05, 4.69) is 21.9 Å². The molecule has 2 aromatic heterocycles. The van der Waals surface area contributed by atoms with Crippen LogP contribution < -0.4 is 5.32 Å². The van der Waals surface area contributed by atoms with Gasteiger partial charge in [0.2, 0.25) is 0 Å². The van der Waals surface area contributed by atoms with E-state index in [1.54, 1.807) is 18.6 Å². The van der Waals surface area contributed by atoms with E-state index in [1.165, 1.54) is 0 Å². The van der Waals surface area contributed by atoms with Crippen molar-refractivity contribution in [2.24, 2.45) is 0 Å². The van der Waals surface area contributed by atoms with Crippen LogP contribution in [0.1, 0.15) is 0 Å². The number of rotatable bonds is 3. The van der Waals surface area contributed by atoms with Gasteiger partial charge in [-0.15, -0.1) is 6.58 Å². The Bertz CT molecular complexity index is 446. The Hall–Kier alpha value is -1.90. The molecule has 0 aliphatic rings. The van der Waals surface area contributed by atoms with Crippen LogP contribution in [-0.2, 0) is 0 Å². The summed E-state index contributed by atoms with van der Waals surface area (Å²) in [7, 11) is 0. The zero-order chi connectivity index (χ0) is 9.80. The molecule has 0 saturated carbocycles. The Kier molecular flexibility index (Phi) is 2.40. The van der Waals surface area contributed by atoms with E-state index in [0.717, 1.165) is 23.1 Å². The molecule has 2 rings (SSSR count). The van der Waals surface area contributed by atoms with Crippen molar-refractivity contribution in [3.63, 3.8) is 0 Å². The predicted octanol–water partition coefficient (Wildman–Crippen LogP) is 2.23. The smallest absolute Gasteiger partial charge is 0.0964 e. The second kappa shape index (κ2) is 3.87. The Balaban J connectivity index is 2.48. The molecule has 0 aromatic carbocycles. The summed E-state index contributed by atoms with van der Waals surface area (Å²) < 4.78 is 0. The average molecular weight is 185 g/mol. The quantitative estimate of drug-likeness (QED) is 0.745. The molecule has 3 heteroatoms.